The number of ether oxygens (including phenoxy) is 1. The van der Waals surface area contributed by atoms with Crippen molar-refractivity contribution < 1.29 is 17.0 Å². The monoisotopic (exact) mass is 278 g/mol. The van der Waals surface area contributed by atoms with Crippen LogP contribution in [0.15, 0.2) is 60.0 Å². The molecular weight excluding hydrogens is 267 g/mol. The molecule has 0 unspecified atom stereocenters. The molecule has 0 aliphatic heterocycles. The van der Waals surface area contributed by atoms with Crippen molar-refractivity contribution in [1.29, 1.82) is 0 Å². The molecule has 2 rings (SSSR count). The fourth-order valence-electron chi connectivity index (χ4n) is 1.47. The van der Waals surface area contributed by atoms with Gasteiger partial charge >= 0.3 is 10.2 Å². The zero-order chi connectivity index (χ0) is 13.7. The Kier molecular flexibility index (Phi) is 3.97. The fraction of sp³-hybridized carbons (Fsp3) is 0. The predicted molar refractivity (Wildman–Crippen MR) is 72.0 cm³/mol. The molecule has 0 amide bonds. The highest BCUT2D eigenvalue weighted by Gasteiger charge is 2.00. The van der Waals surface area contributed by atoms with Crippen molar-refractivity contribution in [2.24, 2.45) is 0 Å². The SMILES string of the molecule is O=S(=O)(F)C=Cc1cccc(Oc2ccccc2)c1. The van der Waals surface area contributed by atoms with Gasteiger partial charge in [-0.15, -0.1) is 3.89 Å². The molecule has 0 atom stereocenters. The van der Waals surface area contributed by atoms with Crippen molar-refractivity contribution in [3.63, 3.8) is 0 Å². The zero-order valence-electron chi connectivity index (χ0n) is 9.86. The van der Waals surface area contributed by atoms with Gasteiger partial charge in [-0.05, 0) is 35.9 Å². The van der Waals surface area contributed by atoms with Crippen molar-refractivity contribution in [3.8, 4) is 11.5 Å². The van der Waals surface area contributed by atoms with Gasteiger partial charge in [0.2, 0.25) is 0 Å². The second kappa shape index (κ2) is 5.67. The minimum Gasteiger partial charge on any atom is -0.457 e. The third-order valence-corrected chi connectivity index (χ3v) is 2.72. The van der Waals surface area contributed by atoms with Crippen molar-refractivity contribution in [1.82, 2.24) is 0 Å². The molecule has 0 aromatic heterocycles. The molecule has 0 saturated carbocycles. The van der Waals surface area contributed by atoms with Crippen LogP contribution in [0.2, 0.25) is 0 Å². The first-order chi connectivity index (χ1) is 9.03. The summed E-state index contributed by atoms with van der Waals surface area (Å²) in [6.07, 6.45) is 1.17. The zero-order valence-corrected chi connectivity index (χ0v) is 10.7. The van der Waals surface area contributed by atoms with Crippen LogP contribution in [0.1, 0.15) is 5.56 Å². The summed E-state index contributed by atoms with van der Waals surface area (Å²) in [6.45, 7) is 0. The Bertz CT molecular complexity index is 679. The summed E-state index contributed by atoms with van der Waals surface area (Å²) < 4.78 is 38.7. The van der Waals surface area contributed by atoms with Crippen molar-refractivity contribution >= 4 is 16.3 Å². The quantitative estimate of drug-likeness (QED) is 0.800. The van der Waals surface area contributed by atoms with E-state index in [0.29, 0.717) is 22.5 Å². The maximum absolute atomic E-state index is 12.4. The molecular formula is C14H11FO3S. The molecule has 0 N–H and O–H groups in total. The third-order valence-electron chi connectivity index (χ3n) is 2.26. The highest BCUT2D eigenvalue weighted by Crippen LogP contribution is 2.22. The number of halogens is 1. The van der Waals surface area contributed by atoms with Crippen molar-refractivity contribution in [2.75, 3.05) is 0 Å². The molecule has 2 aromatic carbocycles. The van der Waals surface area contributed by atoms with E-state index in [9.17, 15) is 12.3 Å². The lowest BCUT2D eigenvalue weighted by atomic mass is 10.2. The molecule has 0 bridgehead atoms. The highest BCUT2D eigenvalue weighted by atomic mass is 32.3. The highest BCUT2D eigenvalue weighted by molar-refractivity contribution is 7.89. The Balaban J connectivity index is 2.18. The van der Waals surface area contributed by atoms with Gasteiger partial charge in [0, 0.05) is 0 Å². The van der Waals surface area contributed by atoms with Crippen molar-refractivity contribution in [3.05, 3.63) is 65.6 Å². The third kappa shape index (κ3) is 4.56. The Morgan fingerprint density at radius 2 is 1.63 bits per heavy atom. The summed E-state index contributed by atoms with van der Waals surface area (Å²) in [6, 6.07) is 15.9. The molecule has 0 spiro atoms. The van der Waals surface area contributed by atoms with Crippen LogP contribution < -0.4 is 4.74 Å². The first-order valence-electron chi connectivity index (χ1n) is 5.49. The maximum Gasteiger partial charge on any atom is 0.325 e. The molecule has 3 nitrogen and oxygen atoms in total. The van der Waals surface area contributed by atoms with Gasteiger partial charge < -0.3 is 4.74 Å². The molecule has 0 heterocycles. The standard InChI is InChI=1S/C14H11FO3S/c15-19(16,17)10-9-12-5-4-8-14(11-12)18-13-6-2-1-3-7-13/h1-11H. The Labute approximate surface area is 111 Å². The Morgan fingerprint density at radius 3 is 2.32 bits per heavy atom. The van der Waals surface area contributed by atoms with Gasteiger partial charge in [-0.3, -0.25) is 0 Å². The smallest absolute Gasteiger partial charge is 0.325 e. The number of hydrogen-bond donors (Lipinski definition) is 0. The van der Waals surface area contributed by atoms with E-state index in [1.165, 1.54) is 6.08 Å². The summed E-state index contributed by atoms with van der Waals surface area (Å²) >= 11 is 0. The van der Waals surface area contributed by atoms with Crippen LogP contribution >= 0.6 is 0 Å². The van der Waals surface area contributed by atoms with E-state index in [-0.39, 0.29) is 0 Å². The molecule has 0 aliphatic carbocycles. The minimum absolute atomic E-state index is 0.509. The Morgan fingerprint density at radius 1 is 0.947 bits per heavy atom. The van der Waals surface area contributed by atoms with Crippen molar-refractivity contribution in [2.45, 2.75) is 0 Å². The minimum atomic E-state index is -4.62. The van der Waals surface area contributed by atoms with Crippen LogP contribution in [-0.2, 0) is 10.2 Å². The lowest BCUT2D eigenvalue weighted by molar-refractivity contribution is 0.482. The molecule has 0 saturated heterocycles. The summed E-state index contributed by atoms with van der Waals surface area (Å²) in [5.74, 6) is 1.21. The second-order valence-corrected chi connectivity index (χ2v) is 4.99. The van der Waals surface area contributed by atoms with Crippen LogP contribution in [0.4, 0.5) is 3.89 Å². The van der Waals surface area contributed by atoms with Crippen LogP contribution in [0.5, 0.6) is 11.5 Å². The van der Waals surface area contributed by atoms with E-state index in [2.05, 4.69) is 0 Å². The van der Waals surface area contributed by atoms with Crippen LogP contribution in [-0.4, -0.2) is 8.42 Å². The topological polar surface area (TPSA) is 43.4 Å². The van der Waals surface area contributed by atoms with E-state index in [0.717, 1.165) is 0 Å². The lowest BCUT2D eigenvalue weighted by Crippen LogP contribution is -1.85. The van der Waals surface area contributed by atoms with Gasteiger partial charge in [0.25, 0.3) is 0 Å². The summed E-state index contributed by atoms with van der Waals surface area (Å²) in [5, 5.41) is 0.509. The van der Waals surface area contributed by atoms with Gasteiger partial charge in [0.05, 0.1) is 5.41 Å². The molecule has 5 heteroatoms. The van der Waals surface area contributed by atoms with E-state index < -0.39 is 10.2 Å². The average Bonchev–Trinajstić information content (AvgIpc) is 2.37. The van der Waals surface area contributed by atoms with Gasteiger partial charge in [-0.25, -0.2) is 0 Å². The average molecular weight is 278 g/mol. The van der Waals surface area contributed by atoms with Crippen LogP contribution in [0.25, 0.3) is 6.08 Å². The number of rotatable bonds is 4. The lowest BCUT2D eigenvalue weighted by Gasteiger charge is -2.05. The van der Waals surface area contributed by atoms with E-state index in [1.54, 1.807) is 36.4 Å². The largest absolute Gasteiger partial charge is 0.457 e. The number of hydrogen-bond acceptors (Lipinski definition) is 3. The summed E-state index contributed by atoms with van der Waals surface area (Å²) in [4.78, 5) is 0. The molecule has 0 fully saturated rings. The van der Waals surface area contributed by atoms with Crippen LogP contribution in [0, 0.1) is 0 Å². The fourth-order valence-corrected chi connectivity index (χ4v) is 1.79. The van der Waals surface area contributed by atoms with Crippen LogP contribution in [0.3, 0.4) is 0 Å². The maximum atomic E-state index is 12.4. The first kappa shape index (κ1) is 13.3. The summed E-state index contributed by atoms with van der Waals surface area (Å²) in [5.41, 5.74) is 0.537. The van der Waals surface area contributed by atoms with Gasteiger partial charge in [-0.1, -0.05) is 30.3 Å². The predicted octanol–water partition coefficient (Wildman–Crippen LogP) is 3.75. The van der Waals surface area contributed by atoms with Gasteiger partial charge in [0.1, 0.15) is 11.5 Å². The summed E-state index contributed by atoms with van der Waals surface area (Å²) in [7, 11) is -4.62. The van der Waals surface area contributed by atoms with E-state index in [4.69, 9.17) is 4.74 Å². The molecule has 98 valence electrons. The van der Waals surface area contributed by atoms with E-state index >= 15 is 0 Å². The number of benzene rings is 2. The van der Waals surface area contributed by atoms with Gasteiger partial charge in [-0.2, -0.15) is 8.42 Å². The molecule has 0 aliphatic rings. The molecule has 2 aromatic rings. The molecule has 19 heavy (non-hydrogen) atoms. The first-order valence-corrected chi connectivity index (χ1v) is 6.93. The molecule has 0 radical (unpaired) electrons. The Hall–Kier alpha value is -2.14. The van der Waals surface area contributed by atoms with Gasteiger partial charge in [0.15, 0.2) is 0 Å². The number of para-hydroxylation sites is 1. The normalized spacial score (nSPS) is 11.6. The van der Waals surface area contributed by atoms with E-state index in [1.807, 2.05) is 18.2 Å². The second-order valence-electron chi connectivity index (χ2n) is 3.77.